The zero-order valence-corrected chi connectivity index (χ0v) is 10.8. The van der Waals surface area contributed by atoms with Crippen LogP contribution in [-0.4, -0.2) is 28.7 Å². The Kier molecular flexibility index (Phi) is 66.8. The van der Waals surface area contributed by atoms with Crippen molar-refractivity contribution in [2.24, 2.45) is 0 Å². The zero-order chi connectivity index (χ0) is 9.86. The van der Waals surface area contributed by atoms with E-state index in [9.17, 15) is 0 Å². The Morgan fingerprint density at radius 2 is 0.923 bits per heavy atom. The van der Waals surface area contributed by atoms with Crippen LogP contribution in [-0.2, 0) is 9.59 Å². The first-order chi connectivity index (χ1) is 4.88. The van der Waals surface area contributed by atoms with Crippen molar-refractivity contribution in [2.45, 2.75) is 0 Å². The average Bonchev–Trinajstić information content (AvgIpc) is 1.60. The van der Waals surface area contributed by atoms with Crippen molar-refractivity contribution in [1.82, 2.24) is 0 Å². The molecule has 0 heterocycles. The van der Waals surface area contributed by atoms with Gasteiger partial charge in [-0.1, -0.05) is 0 Å². The second kappa shape index (κ2) is 29.7. The number of hydrogen-bond acceptors (Lipinski definition) is 6. The average molecular weight is 212 g/mol. The molecule has 64 valence electrons. The molecule has 0 aromatic heterocycles. The van der Waals surface area contributed by atoms with Crippen LogP contribution in [0.5, 0.6) is 0 Å². The van der Waals surface area contributed by atoms with Gasteiger partial charge in [0.05, 0.1) is 0 Å². The summed E-state index contributed by atoms with van der Waals surface area (Å²) >= 11 is 0. The summed E-state index contributed by atoms with van der Waals surface area (Å²) in [7, 11) is 0. The van der Waals surface area contributed by atoms with Gasteiger partial charge in [-0.05, 0) is 0 Å². The van der Waals surface area contributed by atoms with Crippen molar-refractivity contribution < 1.29 is 98.7 Å². The van der Waals surface area contributed by atoms with Gasteiger partial charge in [0, 0.05) is 0 Å². The molecule has 0 amide bonds. The third-order valence-electron chi connectivity index (χ3n) is 0. The first kappa shape index (κ1) is 29.3. The van der Waals surface area contributed by atoms with E-state index in [0.717, 1.165) is 0 Å². The number of rotatable bonds is 0. The van der Waals surface area contributed by atoms with Gasteiger partial charge >= 0.3 is 65.3 Å². The fraction of sp³-hybridized carbons (Fsp3) is 0. The van der Waals surface area contributed by atoms with Crippen LogP contribution in [0, 0.1) is 0 Å². The monoisotopic (exact) mass is 212 g/mol. The van der Waals surface area contributed by atoms with Gasteiger partial charge in [0.1, 0.15) is 0 Å². The predicted octanol–water partition coefficient (Wildman–Crippen LogP) is -8.80. The van der Waals surface area contributed by atoms with E-state index < -0.39 is 12.3 Å². The van der Waals surface area contributed by atoms with Crippen molar-refractivity contribution in [3.05, 3.63) is 0 Å². The largest absolute Gasteiger partial charge is 1.00 e. The molecule has 0 aliphatic carbocycles. The molecule has 2 N–H and O–H groups in total. The van der Waals surface area contributed by atoms with Gasteiger partial charge in [-0.15, -0.1) is 0 Å². The summed E-state index contributed by atoms with van der Waals surface area (Å²) < 4.78 is 0. The Balaban J connectivity index is -0.0000000231. The molecule has 13 heavy (non-hydrogen) atoms. The van der Waals surface area contributed by atoms with Crippen LogP contribution in [0.25, 0.3) is 0 Å². The summed E-state index contributed by atoms with van der Waals surface area (Å²) in [5, 5.41) is 30.6. The fourth-order valence-corrected chi connectivity index (χ4v) is 0. The van der Waals surface area contributed by atoms with Gasteiger partial charge in [0.2, 0.25) is 12.3 Å². The Labute approximate surface area is 116 Å². The van der Waals surface area contributed by atoms with Crippen molar-refractivity contribution >= 4 is 18.5 Å². The van der Waals surface area contributed by atoms with Gasteiger partial charge in [0.25, 0.3) is 0 Å². The molecule has 0 saturated carbocycles. The van der Waals surface area contributed by atoms with Gasteiger partial charge in [0.15, 0.2) is 0 Å². The smallest absolute Gasteiger partial charge is 0.565 e. The van der Waals surface area contributed by atoms with Gasteiger partial charge < -0.3 is 30.0 Å². The quantitative estimate of drug-likeness (QED) is 0.375. The minimum Gasteiger partial charge on any atom is -0.565 e. The molecule has 0 bridgehead atoms. The normalized spacial score (nSPS) is 4.31. The molecule has 0 fully saturated rings. The molecule has 0 saturated heterocycles. The van der Waals surface area contributed by atoms with E-state index >= 15 is 0 Å². The standard InChI is InChI=1S/2CH2O3.CO2.2Na/c2*2-1(3)4;2-1-3;;/h2*(H2,2,3,4);;;/q;;;2*+1/p-2. The molecule has 0 aromatic carbocycles. The third kappa shape index (κ3) is 183000. The van der Waals surface area contributed by atoms with Crippen LogP contribution in [0.1, 0.15) is 0 Å². The van der Waals surface area contributed by atoms with E-state index in [2.05, 4.69) is 0 Å². The van der Waals surface area contributed by atoms with Crippen molar-refractivity contribution in [3.8, 4) is 0 Å². The van der Waals surface area contributed by atoms with Crippen molar-refractivity contribution in [3.63, 3.8) is 0 Å². The third-order valence-corrected chi connectivity index (χ3v) is 0. The summed E-state index contributed by atoms with van der Waals surface area (Å²) in [6, 6.07) is 0. The summed E-state index contributed by atoms with van der Waals surface area (Å²) in [6.07, 6.45) is -3.92. The van der Waals surface area contributed by atoms with Crippen LogP contribution < -0.4 is 69.3 Å². The van der Waals surface area contributed by atoms with Crippen molar-refractivity contribution in [2.75, 3.05) is 0 Å². The first-order valence-electron chi connectivity index (χ1n) is 1.67. The summed E-state index contributed by atoms with van der Waals surface area (Å²) in [6.45, 7) is 0. The van der Waals surface area contributed by atoms with Crippen molar-refractivity contribution in [1.29, 1.82) is 0 Å². The van der Waals surface area contributed by atoms with E-state index in [4.69, 9.17) is 39.6 Å². The molecular formula is C3H2Na2O8. The molecule has 0 radical (unpaired) electrons. The summed E-state index contributed by atoms with van der Waals surface area (Å²) in [5.74, 6) is 0. The van der Waals surface area contributed by atoms with Crippen LogP contribution in [0.2, 0.25) is 0 Å². The van der Waals surface area contributed by atoms with E-state index in [1.165, 1.54) is 0 Å². The Morgan fingerprint density at radius 3 is 0.923 bits per heavy atom. The molecule has 0 unspecified atom stereocenters. The molecule has 0 aromatic rings. The predicted molar refractivity (Wildman–Crippen MR) is 21.1 cm³/mol. The first-order valence-corrected chi connectivity index (χ1v) is 1.67. The molecular weight excluding hydrogens is 210 g/mol. The minimum absolute atomic E-state index is 0. The molecule has 0 aliphatic rings. The van der Waals surface area contributed by atoms with Gasteiger partial charge in [-0.2, -0.15) is 9.59 Å². The fourth-order valence-electron chi connectivity index (χ4n) is 0. The molecule has 0 spiro atoms. The SMILES string of the molecule is O=C([O-])O.O=C([O-])O.O=C=O.[Na+].[Na+]. The number of carbonyl (C=O) groups is 2. The number of hydrogen-bond donors (Lipinski definition) is 2. The van der Waals surface area contributed by atoms with Gasteiger partial charge in [-0.25, -0.2) is 0 Å². The Hall–Kier alpha value is -0.0800. The maximum Gasteiger partial charge on any atom is 1.00 e. The minimum atomic E-state index is -2.08. The van der Waals surface area contributed by atoms with Gasteiger partial charge in [-0.3, -0.25) is 0 Å². The summed E-state index contributed by atoms with van der Waals surface area (Å²) in [4.78, 5) is 33.1. The van der Waals surface area contributed by atoms with E-state index in [0.29, 0.717) is 0 Å². The molecule has 0 atom stereocenters. The van der Waals surface area contributed by atoms with Crippen LogP contribution in [0.4, 0.5) is 9.59 Å². The van der Waals surface area contributed by atoms with Crippen LogP contribution >= 0.6 is 0 Å². The topological polar surface area (TPSA) is 155 Å². The van der Waals surface area contributed by atoms with E-state index in [1.54, 1.807) is 0 Å². The Bertz CT molecular complexity index is 129. The second-order valence-electron chi connectivity index (χ2n) is 0.615. The Morgan fingerprint density at radius 1 is 0.923 bits per heavy atom. The maximum atomic E-state index is 8.44. The molecule has 10 heteroatoms. The number of carboxylic acid groups (broad SMARTS) is 4. The number of carbonyl (C=O) groups excluding carboxylic acids is 2. The zero-order valence-electron chi connectivity index (χ0n) is 6.84. The maximum absolute atomic E-state index is 8.44. The van der Waals surface area contributed by atoms with Crippen LogP contribution in [0.15, 0.2) is 0 Å². The molecule has 0 rings (SSSR count). The second-order valence-corrected chi connectivity index (χ2v) is 0.615. The molecule has 0 aliphatic heterocycles. The van der Waals surface area contributed by atoms with E-state index in [1.807, 2.05) is 0 Å². The van der Waals surface area contributed by atoms with E-state index in [-0.39, 0.29) is 65.3 Å². The summed E-state index contributed by atoms with van der Waals surface area (Å²) in [5.41, 5.74) is 0. The molecule has 8 nitrogen and oxygen atoms in total. The van der Waals surface area contributed by atoms with Crippen LogP contribution in [0.3, 0.4) is 0 Å².